The highest BCUT2D eigenvalue weighted by Crippen LogP contribution is 2.34. The largest absolute Gasteiger partial charge is 0.493 e. The van der Waals surface area contributed by atoms with Crippen LogP contribution in [-0.4, -0.2) is 37.1 Å². The number of carbonyl (C=O) groups excluding carboxylic acids is 1. The van der Waals surface area contributed by atoms with Gasteiger partial charge in [0.15, 0.2) is 11.5 Å². The zero-order valence-corrected chi connectivity index (χ0v) is 12.1. The summed E-state index contributed by atoms with van der Waals surface area (Å²) in [5.74, 6) is -0.361. The van der Waals surface area contributed by atoms with Gasteiger partial charge in [-0.2, -0.15) is 8.78 Å². The van der Waals surface area contributed by atoms with E-state index in [2.05, 4.69) is 4.74 Å². The standard InChI is InChI=1S/C15H19F2NO3/c1-10-6-3-4-9-18(10)14(19)11-7-5-8-12(20-2)13(11)21-15(16)17/h5,7-8,10,15H,3-4,6,9H2,1-2H3/t10-/m0/s1. The number of para-hydroxylation sites is 1. The molecule has 0 unspecified atom stereocenters. The molecule has 1 atom stereocenters. The molecular formula is C15H19F2NO3. The molecule has 1 aromatic carbocycles. The fourth-order valence-corrected chi connectivity index (χ4v) is 2.61. The molecule has 1 aliphatic rings. The number of likely N-dealkylation sites (tertiary alicyclic amines) is 1. The molecule has 2 rings (SSSR count). The summed E-state index contributed by atoms with van der Waals surface area (Å²) in [7, 11) is 1.35. The molecule has 0 spiro atoms. The van der Waals surface area contributed by atoms with Crippen molar-refractivity contribution < 1.29 is 23.0 Å². The molecule has 0 radical (unpaired) electrons. The number of alkyl halides is 2. The summed E-state index contributed by atoms with van der Waals surface area (Å²) < 4.78 is 34.7. The van der Waals surface area contributed by atoms with Gasteiger partial charge in [-0.25, -0.2) is 0 Å². The van der Waals surface area contributed by atoms with Gasteiger partial charge in [0.05, 0.1) is 12.7 Å². The maximum atomic E-state index is 12.6. The highest BCUT2D eigenvalue weighted by atomic mass is 19.3. The van der Waals surface area contributed by atoms with Gasteiger partial charge in [-0.1, -0.05) is 6.07 Å². The van der Waals surface area contributed by atoms with E-state index in [1.54, 1.807) is 11.0 Å². The Morgan fingerprint density at radius 1 is 1.38 bits per heavy atom. The molecule has 1 saturated heterocycles. The molecule has 0 aliphatic carbocycles. The second-order valence-corrected chi connectivity index (χ2v) is 5.06. The molecule has 0 saturated carbocycles. The highest BCUT2D eigenvalue weighted by molar-refractivity contribution is 5.98. The molecule has 116 valence electrons. The van der Waals surface area contributed by atoms with E-state index < -0.39 is 6.61 Å². The minimum absolute atomic E-state index is 0.0943. The van der Waals surface area contributed by atoms with E-state index in [-0.39, 0.29) is 29.0 Å². The molecule has 0 N–H and O–H groups in total. The third kappa shape index (κ3) is 3.43. The zero-order valence-electron chi connectivity index (χ0n) is 12.1. The van der Waals surface area contributed by atoms with Crippen LogP contribution < -0.4 is 9.47 Å². The number of nitrogens with zero attached hydrogens (tertiary/aromatic N) is 1. The van der Waals surface area contributed by atoms with E-state index in [1.165, 1.54) is 19.2 Å². The Labute approximate surface area is 122 Å². The Balaban J connectivity index is 2.35. The smallest absolute Gasteiger partial charge is 0.387 e. The lowest BCUT2D eigenvalue weighted by Gasteiger charge is -2.33. The lowest BCUT2D eigenvalue weighted by atomic mass is 10.0. The van der Waals surface area contributed by atoms with Crippen LogP contribution in [-0.2, 0) is 0 Å². The predicted molar refractivity (Wildman–Crippen MR) is 74.0 cm³/mol. The van der Waals surface area contributed by atoms with Gasteiger partial charge in [0.1, 0.15) is 0 Å². The molecular weight excluding hydrogens is 280 g/mol. The number of rotatable bonds is 4. The number of hydrogen-bond acceptors (Lipinski definition) is 3. The van der Waals surface area contributed by atoms with Crippen molar-refractivity contribution in [2.45, 2.75) is 38.8 Å². The monoisotopic (exact) mass is 299 g/mol. The molecule has 1 aliphatic heterocycles. The lowest BCUT2D eigenvalue weighted by Crippen LogP contribution is -2.42. The van der Waals surface area contributed by atoms with Gasteiger partial charge in [-0.3, -0.25) is 4.79 Å². The quantitative estimate of drug-likeness (QED) is 0.856. The fraction of sp³-hybridized carbons (Fsp3) is 0.533. The van der Waals surface area contributed by atoms with E-state index in [0.717, 1.165) is 19.3 Å². The van der Waals surface area contributed by atoms with Gasteiger partial charge in [0, 0.05) is 12.6 Å². The van der Waals surface area contributed by atoms with Crippen LogP contribution in [0, 0.1) is 0 Å². The third-order valence-electron chi connectivity index (χ3n) is 3.70. The van der Waals surface area contributed by atoms with Crippen LogP contribution in [0.3, 0.4) is 0 Å². The first kappa shape index (κ1) is 15.5. The molecule has 1 heterocycles. The number of halogens is 2. The SMILES string of the molecule is COc1cccc(C(=O)N2CCCC[C@@H]2C)c1OC(F)F. The molecule has 6 heteroatoms. The Morgan fingerprint density at radius 2 is 2.14 bits per heavy atom. The van der Waals surface area contributed by atoms with Crippen molar-refractivity contribution in [1.82, 2.24) is 4.90 Å². The Hall–Kier alpha value is -1.85. The van der Waals surface area contributed by atoms with Gasteiger partial charge in [-0.05, 0) is 38.3 Å². The number of ether oxygens (including phenoxy) is 2. The van der Waals surface area contributed by atoms with Crippen LogP contribution in [0.4, 0.5) is 8.78 Å². The lowest BCUT2D eigenvalue weighted by molar-refractivity contribution is -0.0517. The van der Waals surface area contributed by atoms with Gasteiger partial charge >= 0.3 is 6.61 Å². The number of carbonyl (C=O) groups is 1. The average molecular weight is 299 g/mol. The molecule has 1 aromatic rings. The van der Waals surface area contributed by atoms with Crippen LogP contribution in [0.1, 0.15) is 36.5 Å². The summed E-state index contributed by atoms with van der Waals surface area (Å²) in [6.07, 6.45) is 2.91. The number of benzene rings is 1. The normalized spacial score (nSPS) is 18.7. The molecule has 0 aromatic heterocycles. The van der Waals surface area contributed by atoms with Crippen molar-refractivity contribution in [2.75, 3.05) is 13.7 Å². The van der Waals surface area contributed by atoms with Crippen LogP contribution in [0.2, 0.25) is 0 Å². The van der Waals surface area contributed by atoms with E-state index in [1.807, 2.05) is 6.92 Å². The van der Waals surface area contributed by atoms with Gasteiger partial charge < -0.3 is 14.4 Å². The minimum atomic E-state index is -3.01. The molecule has 1 fully saturated rings. The number of methoxy groups -OCH3 is 1. The van der Waals surface area contributed by atoms with Crippen molar-refractivity contribution in [1.29, 1.82) is 0 Å². The number of amides is 1. The van der Waals surface area contributed by atoms with Crippen molar-refractivity contribution >= 4 is 5.91 Å². The predicted octanol–water partition coefficient (Wildman–Crippen LogP) is 3.31. The molecule has 4 nitrogen and oxygen atoms in total. The maximum absolute atomic E-state index is 12.6. The fourth-order valence-electron chi connectivity index (χ4n) is 2.61. The van der Waals surface area contributed by atoms with E-state index in [9.17, 15) is 13.6 Å². The first-order valence-corrected chi connectivity index (χ1v) is 6.97. The number of hydrogen-bond donors (Lipinski definition) is 0. The number of piperidine rings is 1. The van der Waals surface area contributed by atoms with Gasteiger partial charge in [0.25, 0.3) is 5.91 Å². The summed E-state index contributed by atoms with van der Waals surface area (Å²) in [5.41, 5.74) is 0.114. The van der Waals surface area contributed by atoms with Crippen molar-refractivity contribution in [3.8, 4) is 11.5 Å². The topological polar surface area (TPSA) is 38.8 Å². The van der Waals surface area contributed by atoms with Gasteiger partial charge in [-0.15, -0.1) is 0 Å². The second-order valence-electron chi connectivity index (χ2n) is 5.06. The Bertz CT molecular complexity index is 508. The van der Waals surface area contributed by atoms with Crippen molar-refractivity contribution in [3.05, 3.63) is 23.8 Å². The third-order valence-corrected chi connectivity index (χ3v) is 3.70. The summed E-state index contributed by atoms with van der Waals surface area (Å²) in [4.78, 5) is 14.3. The molecule has 21 heavy (non-hydrogen) atoms. The van der Waals surface area contributed by atoms with E-state index in [4.69, 9.17) is 4.74 Å². The molecule has 1 amide bonds. The zero-order chi connectivity index (χ0) is 15.4. The summed E-state index contributed by atoms with van der Waals surface area (Å²) in [5, 5.41) is 0. The summed E-state index contributed by atoms with van der Waals surface area (Å²) in [6.45, 7) is -0.414. The van der Waals surface area contributed by atoms with Crippen LogP contribution in [0.5, 0.6) is 11.5 Å². The summed E-state index contributed by atoms with van der Waals surface area (Å²) in [6, 6.07) is 4.67. The maximum Gasteiger partial charge on any atom is 0.387 e. The first-order chi connectivity index (χ1) is 10.0. The average Bonchev–Trinajstić information content (AvgIpc) is 2.46. The first-order valence-electron chi connectivity index (χ1n) is 6.97. The van der Waals surface area contributed by atoms with Crippen LogP contribution in [0.25, 0.3) is 0 Å². The second kappa shape index (κ2) is 6.74. The minimum Gasteiger partial charge on any atom is -0.493 e. The van der Waals surface area contributed by atoms with E-state index >= 15 is 0 Å². The van der Waals surface area contributed by atoms with Gasteiger partial charge in [0.2, 0.25) is 0 Å². The summed E-state index contributed by atoms with van der Waals surface area (Å²) >= 11 is 0. The Morgan fingerprint density at radius 3 is 2.76 bits per heavy atom. The van der Waals surface area contributed by atoms with E-state index in [0.29, 0.717) is 6.54 Å². The van der Waals surface area contributed by atoms with Crippen molar-refractivity contribution in [2.24, 2.45) is 0 Å². The van der Waals surface area contributed by atoms with Crippen LogP contribution in [0.15, 0.2) is 18.2 Å². The highest BCUT2D eigenvalue weighted by Gasteiger charge is 2.28. The molecule has 0 bridgehead atoms. The van der Waals surface area contributed by atoms with Crippen molar-refractivity contribution in [3.63, 3.8) is 0 Å². The Kier molecular flexibility index (Phi) is 4.98. The van der Waals surface area contributed by atoms with Crippen LogP contribution >= 0.6 is 0 Å².